The molecule has 0 aromatic rings. The number of nitrogens with two attached hydrogens (primary N) is 1. The lowest BCUT2D eigenvalue weighted by atomic mass is 10.0. The van der Waals surface area contributed by atoms with E-state index in [9.17, 15) is 4.79 Å². The summed E-state index contributed by atoms with van der Waals surface area (Å²) >= 11 is 1.90. The molecular weight excluding hydrogens is 196 g/mol. The highest BCUT2D eigenvalue weighted by Gasteiger charge is 2.36. The second-order valence-corrected chi connectivity index (χ2v) is 5.53. The molecule has 4 heteroatoms. The first-order valence-electron chi connectivity index (χ1n) is 5.39. The highest BCUT2D eigenvalue weighted by atomic mass is 32.2. The van der Waals surface area contributed by atoms with Crippen LogP contribution in [0.25, 0.3) is 0 Å². The molecule has 0 aromatic heterocycles. The maximum atomic E-state index is 12.0. The second kappa shape index (κ2) is 4.11. The Morgan fingerprint density at radius 2 is 2.21 bits per heavy atom. The summed E-state index contributed by atoms with van der Waals surface area (Å²) in [5, 5.41) is 0.403. The molecule has 0 aliphatic carbocycles. The number of nitrogens with zero attached hydrogens (tertiary/aromatic N) is 1. The Kier molecular flexibility index (Phi) is 3.02. The summed E-state index contributed by atoms with van der Waals surface area (Å²) in [5.74, 6) is 1.20. The topological polar surface area (TPSA) is 46.3 Å². The summed E-state index contributed by atoms with van der Waals surface area (Å²) in [6.07, 6.45) is 4.37. The van der Waals surface area contributed by atoms with Gasteiger partial charge in [-0.15, -0.1) is 11.8 Å². The van der Waals surface area contributed by atoms with E-state index in [1.165, 1.54) is 6.42 Å². The number of amides is 1. The van der Waals surface area contributed by atoms with Gasteiger partial charge in [-0.2, -0.15) is 0 Å². The molecule has 2 fully saturated rings. The van der Waals surface area contributed by atoms with Crippen LogP contribution >= 0.6 is 11.8 Å². The number of hydrogen-bond acceptors (Lipinski definition) is 3. The van der Waals surface area contributed by atoms with Crippen molar-refractivity contribution >= 4 is 17.7 Å². The van der Waals surface area contributed by atoms with Crippen molar-refractivity contribution in [2.75, 3.05) is 5.75 Å². The van der Waals surface area contributed by atoms with E-state index in [0.717, 1.165) is 25.0 Å². The smallest absolute Gasteiger partial charge is 0.240 e. The van der Waals surface area contributed by atoms with Gasteiger partial charge >= 0.3 is 0 Å². The zero-order valence-corrected chi connectivity index (χ0v) is 9.43. The van der Waals surface area contributed by atoms with E-state index in [4.69, 9.17) is 5.73 Å². The number of fused-ring (bicyclic) bond motifs is 1. The average Bonchev–Trinajstić information content (AvgIpc) is 2.29. The molecule has 2 saturated heterocycles. The molecule has 2 N–H and O–H groups in total. The number of hydrogen-bond donors (Lipinski definition) is 1. The Hall–Kier alpha value is -0.220. The summed E-state index contributed by atoms with van der Waals surface area (Å²) in [6.45, 7) is 2.14. The van der Waals surface area contributed by atoms with E-state index >= 15 is 0 Å². The van der Waals surface area contributed by atoms with Gasteiger partial charge in [0.15, 0.2) is 0 Å². The number of rotatable bonds is 0. The molecule has 3 nitrogen and oxygen atoms in total. The maximum Gasteiger partial charge on any atom is 0.240 e. The van der Waals surface area contributed by atoms with E-state index in [-0.39, 0.29) is 11.9 Å². The minimum absolute atomic E-state index is 0.173. The first-order chi connectivity index (χ1) is 6.70. The van der Waals surface area contributed by atoms with Gasteiger partial charge in [0.25, 0.3) is 0 Å². The standard InChI is InChI=1S/C10H18N2OS/c1-7-3-2-4-9-12(7)10(13)8(11)5-6-14-9/h7-9H,2-6,11H2,1H3/t7?,8-,9?/m0/s1. The molecule has 3 atom stereocenters. The first kappa shape index (κ1) is 10.3. The van der Waals surface area contributed by atoms with Crippen molar-refractivity contribution in [2.24, 2.45) is 5.73 Å². The molecule has 2 aliphatic heterocycles. The van der Waals surface area contributed by atoms with E-state index in [2.05, 4.69) is 6.92 Å². The Labute approximate surface area is 89.4 Å². The van der Waals surface area contributed by atoms with Crippen LogP contribution in [0, 0.1) is 0 Å². The van der Waals surface area contributed by atoms with Gasteiger partial charge in [0.2, 0.25) is 5.91 Å². The van der Waals surface area contributed by atoms with Gasteiger partial charge in [-0.1, -0.05) is 0 Å². The number of thioether (sulfide) groups is 1. The van der Waals surface area contributed by atoms with Crippen LogP contribution in [-0.4, -0.2) is 34.0 Å². The van der Waals surface area contributed by atoms with Crippen LogP contribution < -0.4 is 5.73 Å². The molecule has 0 saturated carbocycles. The van der Waals surface area contributed by atoms with Crippen LogP contribution in [0.5, 0.6) is 0 Å². The van der Waals surface area contributed by atoms with Gasteiger partial charge in [-0.25, -0.2) is 0 Å². The fourth-order valence-electron chi connectivity index (χ4n) is 2.32. The number of carbonyl (C=O) groups is 1. The average molecular weight is 214 g/mol. The zero-order valence-electron chi connectivity index (χ0n) is 8.61. The van der Waals surface area contributed by atoms with Crippen LogP contribution in [-0.2, 0) is 4.79 Å². The molecule has 1 amide bonds. The second-order valence-electron chi connectivity index (χ2n) is 4.25. The molecule has 0 radical (unpaired) electrons. The van der Waals surface area contributed by atoms with Crippen molar-refractivity contribution in [3.05, 3.63) is 0 Å². The Morgan fingerprint density at radius 3 is 3.00 bits per heavy atom. The predicted molar refractivity (Wildman–Crippen MR) is 59.0 cm³/mol. The molecule has 0 aromatic carbocycles. The van der Waals surface area contributed by atoms with Gasteiger partial charge in [0, 0.05) is 6.04 Å². The van der Waals surface area contributed by atoms with Crippen molar-refractivity contribution in [3.63, 3.8) is 0 Å². The van der Waals surface area contributed by atoms with E-state index in [1.54, 1.807) is 0 Å². The monoisotopic (exact) mass is 214 g/mol. The SMILES string of the molecule is CC1CCCC2SCC[C@H](N)C(=O)N12. The summed E-state index contributed by atoms with van der Waals surface area (Å²) in [5.41, 5.74) is 5.84. The molecule has 2 rings (SSSR count). The highest BCUT2D eigenvalue weighted by molar-refractivity contribution is 7.99. The Bertz CT molecular complexity index is 234. The third-order valence-corrected chi connectivity index (χ3v) is 4.49. The van der Waals surface area contributed by atoms with Crippen LogP contribution in [0.3, 0.4) is 0 Å². The van der Waals surface area contributed by atoms with E-state index < -0.39 is 0 Å². The molecule has 80 valence electrons. The van der Waals surface area contributed by atoms with Crippen LogP contribution in [0.2, 0.25) is 0 Å². The summed E-state index contributed by atoms with van der Waals surface area (Å²) in [6, 6.07) is 0.131. The molecule has 2 heterocycles. The van der Waals surface area contributed by atoms with Gasteiger partial charge in [-0.3, -0.25) is 4.79 Å². The molecule has 2 aliphatic rings. The third-order valence-electron chi connectivity index (χ3n) is 3.17. The molecule has 14 heavy (non-hydrogen) atoms. The third kappa shape index (κ3) is 1.77. The van der Waals surface area contributed by atoms with Crippen molar-refractivity contribution in [1.82, 2.24) is 4.90 Å². The first-order valence-corrected chi connectivity index (χ1v) is 6.44. The fraction of sp³-hybridized carbons (Fsp3) is 0.900. The van der Waals surface area contributed by atoms with Crippen molar-refractivity contribution in [1.29, 1.82) is 0 Å². The zero-order chi connectivity index (χ0) is 10.1. The van der Waals surface area contributed by atoms with Crippen molar-refractivity contribution in [2.45, 2.75) is 50.1 Å². The Balaban J connectivity index is 2.18. The Morgan fingerprint density at radius 1 is 1.43 bits per heavy atom. The van der Waals surface area contributed by atoms with Crippen LogP contribution in [0.15, 0.2) is 0 Å². The van der Waals surface area contributed by atoms with Crippen LogP contribution in [0.4, 0.5) is 0 Å². The maximum absolute atomic E-state index is 12.0. The van der Waals surface area contributed by atoms with Gasteiger partial charge in [-0.05, 0) is 38.4 Å². The van der Waals surface area contributed by atoms with Gasteiger partial charge in [0.1, 0.15) is 0 Å². The van der Waals surface area contributed by atoms with E-state index in [1.807, 2.05) is 16.7 Å². The van der Waals surface area contributed by atoms with Gasteiger partial charge in [0.05, 0.1) is 11.4 Å². The molecule has 2 unspecified atom stereocenters. The van der Waals surface area contributed by atoms with E-state index in [0.29, 0.717) is 11.4 Å². The summed E-state index contributed by atoms with van der Waals surface area (Å²) in [7, 11) is 0. The lowest BCUT2D eigenvalue weighted by Crippen LogP contribution is -2.51. The normalized spacial score (nSPS) is 39.1. The molecule has 0 bridgehead atoms. The number of carbonyl (C=O) groups excluding carboxylic acids is 1. The molecule has 0 spiro atoms. The predicted octanol–water partition coefficient (Wildman–Crippen LogP) is 1.18. The minimum atomic E-state index is -0.256. The van der Waals surface area contributed by atoms with Crippen LogP contribution in [0.1, 0.15) is 32.6 Å². The summed E-state index contributed by atoms with van der Waals surface area (Å²) in [4.78, 5) is 14.0. The number of piperidine rings is 1. The highest BCUT2D eigenvalue weighted by Crippen LogP contribution is 2.33. The minimum Gasteiger partial charge on any atom is -0.327 e. The summed E-state index contributed by atoms with van der Waals surface area (Å²) < 4.78 is 0. The largest absolute Gasteiger partial charge is 0.327 e. The van der Waals surface area contributed by atoms with Crippen molar-refractivity contribution < 1.29 is 4.79 Å². The quantitative estimate of drug-likeness (QED) is 0.658. The van der Waals surface area contributed by atoms with Gasteiger partial charge < -0.3 is 10.6 Å². The lowest BCUT2D eigenvalue weighted by molar-refractivity contribution is -0.136. The lowest BCUT2D eigenvalue weighted by Gasteiger charge is -2.39. The fourth-order valence-corrected chi connectivity index (χ4v) is 3.79. The molecular formula is C10H18N2OS. The van der Waals surface area contributed by atoms with Crippen molar-refractivity contribution in [3.8, 4) is 0 Å².